The molecule has 0 bridgehead atoms. The summed E-state index contributed by atoms with van der Waals surface area (Å²) in [5.41, 5.74) is 4.49. The molecule has 0 fully saturated rings. The summed E-state index contributed by atoms with van der Waals surface area (Å²) >= 11 is 3.52. The Morgan fingerprint density at radius 3 is 2.62 bits per heavy atom. The van der Waals surface area contributed by atoms with Gasteiger partial charge in [0.2, 0.25) is 0 Å². The fourth-order valence-corrected chi connectivity index (χ4v) is 3.47. The van der Waals surface area contributed by atoms with Gasteiger partial charge in [0.05, 0.1) is 0 Å². The molecular formula is C19H22BrN. The fourth-order valence-electron chi connectivity index (χ4n) is 3.21. The van der Waals surface area contributed by atoms with Crippen molar-refractivity contribution in [3.63, 3.8) is 0 Å². The zero-order chi connectivity index (χ0) is 14.7. The summed E-state index contributed by atoms with van der Waals surface area (Å²) in [6, 6.07) is 18.1. The Balaban J connectivity index is 1.73. The van der Waals surface area contributed by atoms with E-state index in [1.54, 1.807) is 5.56 Å². The molecule has 0 amide bonds. The van der Waals surface area contributed by atoms with Gasteiger partial charge in [-0.05, 0) is 60.5 Å². The quantitative estimate of drug-likeness (QED) is 0.758. The molecule has 0 aromatic heterocycles. The maximum atomic E-state index is 3.72. The number of rotatable bonds is 6. The second-order valence-corrected chi connectivity index (χ2v) is 6.81. The van der Waals surface area contributed by atoms with Crippen molar-refractivity contribution in [2.45, 2.75) is 38.1 Å². The number of benzene rings is 2. The molecule has 2 heteroatoms. The summed E-state index contributed by atoms with van der Waals surface area (Å²) in [7, 11) is 0. The number of nitrogens with one attached hydrogen (secondary N) is 1. The molecule has 1 aliphatic carbocycles. The van der Waals surface area contributed by atoms with Crippen LogP contribution in [0.1, 0.15) is 48.4 Å². The fraction of sp³-hybridized carbons (Fsp3) is 0.368. The van der Waals surface area contributed by atoms with Crippen LogP contribution in [-0.4, -0.2) is 6.54 Å². The van der Waals surface area contributed by atoms with Crippen LogP contribution in [0.3, 0.4) is 0 Å². The summed E-state index contributed by atoms with van der Waals surface area (Å²) in [5.74, 6) is 0.708. The van der Waals surface area contributed by atoms with Crippen LogP contribution in [0.5, 0.6) is 0 Å². The van der Waals surface area contributed by atoms with Crippen molar-refractivity contribution in [2.24, 2.45) is 0 Å². The van der Waals surface area contributed by atoms with Gasteiger partial charge in [0, 0.05) is 10.5 Å². The predicted octanol–water partition coefficient (Wildman–Crippen LogP) is 5.22. The van der Waals surface area contributed by atoms with Crippen molar-refractivity contribution >= 4 is 15.9 Å². The van der Waals surface area contributed by atoms with E-state index in [0.29, 0.717) is 12.0 Å². The monoisotopic (exact) mass is 343 g/mol. The van der Waals surface area contributed by atoms with Gasteiger partial charge in [0.15, 0.2) is 0 Å². The topological polar surface area (TPSA) is 12.0 Å². The average Bonchev–Trinajstić information content (AvgIpc) is 2.49. The summed E-state index contributed by atoms with van der Waals surface area (Å²) in [6.07, 6.45) is 3.60. The minimum absolute atomic E-state index is 0.455. The molecule has 1 N–H and O–H groups in total. The van der Waals surface area contributed by atoms with Gasteiger partial charge in [-0.2, -0.15) is 0 Å². The summed E-state index contributed by atoms with van der Waals surface area (Å²) in [6.45, 7) is 3.30. The standard InChI is InChI=1S/C19H22BrN/c1-2-11-21-19(14-7-9-17(20)10-8-14)13-16-12-15-5-3-4-6-18(15)16/h3-10,16,19,21H,2,11-13H2,1H3. The van der Waals surface area contributed by atoms with E-state index in [1.807, 2.05) is 0 Å². The van der Waals surface area contributed by atoms with Gasteiger partial charge in [0.1, 0.15) is 0 Å². The molecule has 110 valence electrons. The highest BCUT2D eigenvalue weighted by molar-refractivity contribution is 9.10. The van der Waals surface area contributed by atoms with Gasteiger partial charge < -0.3 is 5.32 Å². The maximum Gasteiger partial charge on any atom is 0.0326 e. The van der Waals surface area contributed by atoms with E-state index in [4.69, 9.17) is 0 Å². The Bertz CT molecular complexity index is 591. The molecule has 2 unspecified atom stereocenters. The van der Waals surface area contributed by atoms with Crippen molar-refractivity contribution < 1.29 is 0 Å². The van der Waals surface area contributed by atoms with E-state index in [-0.39, 0.29) is 0 Å². The zero-order valence-electron chi connectivity index (χ0n) is 12.5. The molecule has 21 heavy (non-hydrogen) atoms. The summed E-state index contributed by atoms with van der Waals surface area (Å²) in [4.78, 5) is 0. The molecule has 2 aromatic carbocycles. The smallest absolute Gasteiger partial charge is 0.0326 e. The van der Waals surface area contributed by atoms with E-state index in [1.165, 1.54) is 30.4 Å². The number of hydrogen-bond donors (Lipinski definition) is 1. The Kier molecular flexibility index (Phi) is 4.77. The second kappa shape index (κ2) is 6.76. The average molecular weight is 344 g/mol. The van der Waals surface area contributed by atoms with E-state index in [9.17, 15) is 0 Å². The van der Waals surface area contributed by atoms with Crippen LogP contribution in [0.25, 0.3) is 0 Å². The zero-order valence-corrected chi connectivity index (χ0v) is 14.1. The van der Waals surface area contributed by atoms with E-state index >= 15 is 0 Å². The first-order valence-corrected chi connectivity index (χ1v) is 8.64. The largest absolute Gasteiger partial charge is 0.310 e. The van der Waals surface area contributed by atoms with Crippen LogP contribution in [0.4, 0.5) is 0 Å². The van der Waals surface area contributed by atoms with Crippen LogP contribution in [0.2, 0.25) is 0 Å². The lowest BCUT2D eigenvalue weighted by atomic mass is 9.74. The highest BCUT2D eigenvalue weighted by Gasteiger charge is 2.28. The van der Waals surface area contributed by atoms with Crippen molar-refractivity contribution in [2.75, 3.05) is 6.54 Å². The van der Waals surface area contributed by atoms with E-state index < -0.39 is 0 Å². The Morgan fingerprint density at radius 2 is 1.90 bits per heavy atom. The van der Waals surface area contributed by atoms with Gasteiger partial charge in [-0.1, -0.05) is 59.3 Å². The molecule has 3 rings (SSSR count). The Hall–Kier alpha value is -1.12. The van der Waals surface area contributed by atoms with Crippen LogP contribution in [0.15, 0.2) is 53.0 Å². The van der Waals surface area contributed by atoms with Gasteiger partial charge >= 0.3 is 0 Å². The first-order valence-electron chi connectivity index (χ1n) is 7.84. The second-order valence-electron chi connectivity index (χ2n) is 5.89. The molecule has 0 radical (unpaired) electrons. The van der Waals surface area contributed by atoms with Crippen molar-refractivity contribution in [3.05, 3.63) is 69.7 Å². The van der Waals surface area contributed by atoms with Crippen LogP contribution >= 0.6 is 15.9 Å². The Morgan fingerprint density at radius 1 is 1.14 bits per heavy atom. The maximum absolute atomic E-state index is 3.72. The lowest BCUT2D eigenvalue weighted by Gasteiger charge is -2.33. The van der Waals surface area contributed by atoms with Gasteiger partial charge in [-0.25, -0.2) is 0 Å². The van der Waals surface area contributed by atoms with Gasteiger partial charge in [-0.3, -0.25) is 0 Å². The third kappa shape index (κ3) is 3.38. The SMILES string of the molecule is CCCNC(CC1Cc2ccccc21)c1ccc(Br)cc1. The first kappa shape index (κ1) is 14.8. The van der Waals surface area contributed by atoms with Crippen molar-refractivity contribution in [1.29, 1.82) is 0 Å². The highest BCUT2D eigenvalue weighted by Crippen LogP contribution is 2.40. The Labute approximate surface area is 135 Å². The summed E-state index contributed by atoms with van der Waals surface area (Å²) in [5, 5.41) is 3.72. The van der Waals surface area contributed by atoms with Crippen LogP contribution < -0.4 is 5.32 Å². The highest BCUT2D eigenvalue weighted by atomic mass is 79.9. The molecule has 1 nitrogen and oxygen atoms in total. The van der Waals surface area contributed by atoms with Crippen LogP contribution in [-0.2, 0) is 6.42 Å². The lowest BCUT2D eigenvalue weighted by Crippen LogP contribution is -2.27. The molecule has 0 saturated carbocycles. The molecule has 0 saturated heterocycles. The number of halogens is 1. The first-order chi connectivity index (χ1) is 10.3. The molecule has 2 aromatic rings. The van der Waals surface area contributed by atoms with Gasteiger partial charge in [-0.15, -0.1) is 0 Å². The van der Waals surface area contributed by atoms with Crippen molar-refractivity contribution in [1.82, 2.24) is 5.32 Å². The third-order valence-corrected chi connectivity index (χ3v) is 4.92. The molecule has 0 aliphatic heterocycles. The minimum Gasteiger partial charge on any atom is -0.310 e. The molecule has 0 heterocycles. The summed E-state index contributed by atoms with van der Waals surface area (Å²) < 4.78 is 1.15. The lowest BCUT2D eigenvalue weighted by molar-refractivity contribution is 0.428. The van der Waals surface area contributed by atoms with Crippen LogP contribution in [0, 0.1) is 0 Å². The minimum atomic E-state index is 0.455. The van der Waals surface area contributed by atoms with E-state index in [2.05, 4.69) is 76.7 Å². The van der Waals surface area contributed by atoms with Crippen molar-refractivity contribution in [3.8, 4) is 0 Å². The normalized spacial score (nSPS) is 17.9. The molecular weight excluding hydrogens is 322 g/mol. The molecule has 0 spiro atoms. The predicted molar refractivity (Wildman–Crippen MR) is 92.7 cm³/mol. The number of hydrogen-bond acceptors (Lipinski definition) is 1. The third-order valence-electron chi connectivity index (χ3n) is 4.39. The molecule has 2 atom stereocenters. The van der Waals surface area contributed by atoms with E-state index in [0.717, 1.165) is 11.0 Å². The van der Waals surface area contributed by atoms with Gasteiger partial charge in [0.25, 0.3) is 0 Å². The number of fused-ring (bicyclic) bond motifs is 1. The molecule has 1 aliphatic rings.